The van der Waals surface area contributed by atoms with Gasteiger partial charge in [-0.15, -0.1) is 11.8 Å². The van der Waals surface area contributed by atoms with Crippen LogP contribution in [-0.4, -0.2) is 37.8 Å². The number of ketones is 1. The molecule has 1 fully saturated rings. The molecule has 5 rings (SSSR count). The number of carbonyl (C=O) groups is 1. The second-order valence-electron chi connectivity index (χ2n) is 6.91. The number of halogens is 3. The summed E-state index contributed by atoms with van der Waals surface area (Å²) in [5.41, 5.74) is 8.04. The highest BCUT2D eigenvalue weighted by atomic mass is 35.5. The SMILES string of the molecule is CSc1c(F)c(Cl)c(-c2ccc3nc(N)c(C(=O)[C@@H]4C[C@@H]4F)n3c2)c2cn[nH]c12. The predicted molar refractivity (Wildman–Crippen MR) is 109 cm³/mol. The van der Waals surface area contributed by atoms with Crippen molar-refractivity contribution >= 4 is 51.5 Å². The number of aromatic amines is 1. The molecule has 3 aromatic heterocycles. The molecule has 148 valence electrons. The zero-order valence-electron chi connectivity index (χ0n) is 15.0. The van der Waals surface area contributed by atoms with E-state index in [-0.39, 0.29) is 28.7 Å². The zero-order chi connectivity index (χ0) is 20.4. The van der Waals surface area contributed by atoms with Gasteiger partial charge >= 0.3 is 0 Å². The Morgan fingerprint density at radius 2 is 2.21 bits per heavy atom. The number of nitrogen functional groups attached to an aromatic ring is 1. The number of pyridine rings is 1. The number of anilines is 1. The van der Waals surface area contributed by atoms with Gasteiger partial charge in [0.1, 0.15) is 17.5 Å². The molecule has 10 heteroatoms. The van der Waals surface area contributed by atoms with Crippen LogP contribution in [0.2, 0.25) is 5.02 Å². The largest absolute Gasteiger partial charge is 0.382 e. The van der Waals surface area contributed by atoms with Crippen LogP contribution in [0.15, 0.2) is 29.4 Å². The third-order valence-corrected chi connectivity index (χ3v) is 6.31. The van der Waals surface area contributed by atoms with Gasteiger partial charge in [0.15, 0.2) is 17.4 Å². The van der Waals surface area contributed by atoms with Crippen molar-refractivity contribution in [2.24, 2.45) is 5.92 Å². The molecular weight excluding hydrogens is 420 g/mol. The van der Waals surface area contributed by atoms with E-state index in [4.69, 9.17) is 17.3 Å². The van der Waals surface area contributed by atoms with Gasteiger partial charge in [0.2, 0.25) is 0 Å². The van der Waals surface area contributed by atoms with Crippen molar-refractivity contribution in [2.75, 3.05) is 12.0 Å². The first kappa shape index (κ1) is 18.4. The lowest BCUT2D eigenvalue weighted by molar-refractivity contribution is 0.0952. The van der Waals surface area contributed by atoms with Crippen molar-refractivity contribution in [3.8, 4) is 11.1 Å². The molecule has 0 unspecified atom stereocenters. The molecule has 0 amide bonds. The summed E-state index contributed by atoms with van der Waals surface area (Å²) in [5.74, 6) is -1.59. The molecule has 0 aliphatic heterocycles. The van der Waals surface area contributed by atoms with Crippen molar-refractivity contribution < 1.29 is 13.6 Å². The number of alkyl halides is 1. The molecule has 0 spiro atoms. The molecule has 1 saturated carbocycles. The van der Waals surface area contributed by atoms with Gasteiger partial charge in [-0.1, -0.05) is 11.6 Å². The fourth-order valence-corrected chi connectivity index (χ4v) is 4.63. The Hall–Kier alpha value is -2.65. The molecule has 0 radical (unpaired) electrons. The minimum Gasteiger partial charge on any atom is -0.382 e. The van der Waals surface area contributed by atoms with Crippen LogP contribution in [-0.2, 0) is 0 Å². The van der Waals surface area contributed by atoms with Crippen LogP contribution in [0.5, 0.6) is 0 Å². The van der Waals surface area contributed by atoms with Gasteiger partial charge in [-0.3, -0.25) is 14.3 Å². The van der Waals surface area contributed by atoms with Crippen LogP contribution in [0.3, 0.4) is 0 Å². The monoisotopic (exact) mass is 433 g/mol. The second kappa shape index (κ2) is 6.43. The smallest absolute Gasteiger partial charge is 0.189 e. The van der Waals surface area contributed by atoms with Gasteiger partial charge < -0.3 is 5.73 Å². The number of carbonyl (C=O) groups excluding carboxylic acids is 1. The molecule has 3 N–H and O–H groups in total. The van der Waals surface area contributed by atoms with Crippen molar-refractivity contribution in [3.05, 3.63) is 41.1 Å². The van der Waals surface area contributed by atoms with E-state index < -0.39 is 17.9 Å². The molecule has 29 heavy (non-hydrogen) atoms. The molecule has 0 saturated heterocycles. The van der Waals surface area contributed by atoms with E-state index in [0.717, 1.165) is 0 Å². The summed E-state index contributed by atoms with van der Waals surface area (Å²) in [7, 11) is 0. The molecule has 3 heterocycles. The highest BCUT2D eigenvalue weighted by Crippen LogP contribution is 2.42. The number of thioether (sulfide) groups is 1. The molecule has 0 bridgehead atoms. The number of nitrogens with zero attached hydrogens (tertiary/aromatic N) is 3. The molecule has 1 aliphatic carbocycles. The van der Waals surface area contributed by atoms with Gasteiger partial charge in [-0.25, -0.2) is 13.8 Å². The van der Waals surface area contributed by atoms with Crippen LogP contribution in [0.25, 0.3) is 27.7 Å². The normalized spacial score (nSPS) is 18.6. The van der Waals surface area contributed by atoms with Crippen molar-refractivity contribution in [2.45, 2.75) is 17.5 Å². The number of Topliss-reactive ketones (excluding diaryl/α,β-unsaturated/α-hetero) is 1. The summed E-state index contributed by atoms with van der Waals surface area (Å²) in [6.07, 6.45) is 3.99. The summed E-state index contributed by atoms with van der Waals surface area (Å²) in [6.45, 7) is 0. The fraction of sp³-hybridized carbons (Fsp3) is 0.211. The predicted octanol–water partition coefficient (Wildman–Crippen LogP) is 4.51. The van der Waals surface area contributed by atoms with E-state index in [0.29, 0.717) is 32.6 Å². The number of imidazole rings is 1. The first-order valence-corrected chi connectivity index (χ1v) is 10.4. The maximum Gasteiger partial charge on any atom is 0.189 e. The molecular formula is C19H14ClF2N5OS. The molecule has 1 aliphatic rings. The fourth-order valence-electron chi connectivity index (χ4n) is 3.63. The van der Waals surface area contributed by atoms with E-state index in [2.05, 4.69) is 15.2 Å². The zero-order valence-corrected chi connectivity index (χ0v) is 16.6. The Morgan fingerprint density at radius 3 is 2.90 bits per heavy atom. The van der Waals surface area contributed by atoms with Crippen LogP contribution >= 0.6 is 23.4 Å². The van der Waals surface area contributed by atoms with Gasteiger partial charge in [0.05, 0.1) is 27.5 Å². The Morgan fingerprint density at radius 1 is 1.45 bits per heavy atom. The van der Waals surface area contributed by atoms with Gasteiger partial charge in [-0.05, 0) is 24.8 Å². The topological polar surface area (TPSA) is 89.1 Å². The highest BCUT2D eigenvalue weighted by Gasteiger charge is 2.45. The summed E-state index contributed by atoms with van der Waals surface area (Å²) < 4.78 is 29.9. The summed E-state index contributed by atoms with van der Waals surface area (Å²) in [4.78, 5) is 17.2. The van der Waals surface area contributed by atoms with Crippen LogP contribution in [0, 0.1) is 11.7 Å². The number of aromatic nitrogens is 4. The quantitative estimate of drug-likeness (QED) is 0.365. The summed E-state index contributed by atoms with van der Waals surface area (Å²) >= 11 is 7.62. The third kappa shape index (κ3) is 2.64. The average Bonchev–Trinajstić information content (AvgIpc) is 3.09. The van der Waals surface area contributed by atoms with Gasteiger partial charge in [-0.2, -0.15) is 5.10 Å². The standard InChI is InChI=1S/C19H14ClF2N5OS/c1-29-18-14(22)13(20)12(9-5-24-26-15(9)18)7-2-3-11-25-19(23)16(27(11)6-7)17(28)8-4-10(8)21/h2-3,5-6,8,10H,4,23H2,1H3,(H,24,26)/t8-,10+/m1/s1. The summed E-state index contributed by atoms with van der Waals surface area (Å²) in [6, 6.07) is 3.38. The van der Waals surface area contributed by atoms with E-state index in [1.54, 1.807) is 30.8 Å². The van der Waals surface area contributed by atoms with Crippen molar-refractivity contribution in [1.82, 2.24) is 19.6 Å². The maximum absolute atomic E-state index is 14.9. The van der Waals surface area contributed by atoms with Crippen LogP contribution in [0.4, 0.5) is 14.6 Å². The number of hydrogen-bond acceptors (Lipinski definition) is 5. The molecule has 6 nitrogen and oxygen atoms in total. The van der Waals surface area contributed by atoms with E-state index in [1.165, 1.54) is 16.2 Å². The number of hydrogen-bond donors (Lipinski definition) is 2. The van der Waals surface area contributed by atoms with Crippen molar-refractivity contribution in [1.29, 1.82) is 0 Å². The van der Waals surface area contributed by atoms with Crippen molar-refractivity contribution in [3.63, 3.8) is 0 Å². The Kier molecular flexibility index (Phi) is 4.08. The van der Waals surface area contributed by atoms with Gasteiger partial charge in [0, 0.05) is 22.7 Å². The lowest BCUT2D eigenvalue weighted by atomic mass is 10.0. The van der Waals surface area contributed by atoms with Crippen LogP contribution in [0.1, 0.15) is 16.9 Å². The number of nitrogens with two attached hydrogens (primary N) is 1. The third-order valence-electron chi connectivity index (χ3n) is 5.17. The lowest BCUT2D eigenvalue weighted by Crippen LogP contribution is -2.10. The first-order chi connectivity index (χ1) is 13.9. The minimum atomic E-state index is -1.15. The number of rotatable bonds is 4. The molecule has 4 aromatic rings. The Labute approximate surface area is 172 Å². The summed E-state index contributed by atoms with van der Waals surface area (Å²) in [5, 5.41) is 7.44. The average molecular weight is 434 g/mol. The van der Waals surface area contributed by atoms with E-state index in [9.17, 15) is 13.6 Å². The molecule has 2 atom stereocenters. The maximum atomic E-state index is 14.9. The number of nitrogens with one attached hydrogen (secondary N) is 1. The minimum absolute atomic E-state index is 0.0368. The lowest BCUT2D eigenvalue weighted by Gasteiger charge is -2.12. The van der Waals surface area contributed by atoms with Gasteiger partial charge in [0.25, 0.3) is 0 Å². The number of benzene rings is 1. The van der Waals surface area contributed by atoms with E-state index >= 15 is 0 Å². The van der Waals surface area contributed by atoms with Crippen LogP contribution < -0.4 is 5.73 Å². The Balaban J connectivity index is 1.76. The number of H-pyrrole nitrogens is 1. The number of fused-ring (bicyclic) bond motifs is 2. The van der Waals surface area contributed by atoms with E-state index in [1.807, 2.05) is 0 Å². The molecule has 1 aromatic carbocycles. The Bertz CT molecular complexity index is 1320. The highest BCUT2D eigenvalue weighted by molar-refractivity contribution is 7.98. The second-order valence-corrected chi connectivity index (χ2v) is 8.10. The first-order valence-electron chi connectivity index (χ1n) is 8.76.